The monoisotopic (exact) mass is 252 g/mol. The summed E-state index contributed by atoms with van der Waals surface area (Å²) in [6.45, 7) is 2.96. The highest BCUT2D eigenvalue weighted by Crippen LogP contribution is 2.38. The van der Waals surface area contributed by atoms with E-state index in [1.54, 1.807) is 11.6 Å². The second-order valence-electron chi connectivity index (χ2n) is 4.45. The Balaban J connectivity index is 1.88. The van der Waals surface area contributed by atoms with Crippen LogP contribution in [0.1, 0.15) is 13.3 Å². The second kappa shape index (κ2) is 3.69. The molecule has 0 saturated heterocycles. The van der Waals surface area contributed by atoms with E-state index in [1.165, 1.54) is 22.2 Å². The third-order valence-corrected chi connectivity index (χ3v) is 3.97. The smallest absolute Gasteiger partial charge is 0.363 e. The summed E-state index contributed by atoms with van der Waals surface area (Å²) in [6.07, 6.45) is 2.87. The molecular weight excluding hydrogens is 240 g/mol. The minimum Gasteiger partial charge on any atom is -0.363 e. The molecule has 3 rings (SSSR count). The highest BCUT2D eigenvalue weighted by atomic mass is 32.1. The predicted molar refractivity (Wildman–Crippen MR) is 65.5 cm³/mol. The van der Waals surface area contributed by atoms with Crippen LogP contribution in [0.15, 0.2) is 11.6 Å². The maximum absolute atomic E-state index is 11.0. The van der Waals surface area contributed by atoms with Crippen LogP contribution in [0.2, 0.25) is 0 Å². The zero-order chi connectivity index (χ0) is 12.0. The van der Waals surface area contributed by atoms with E-state index in [4.69, 9.17) is 0 Å². The lowest BCUT2D eigenvalue weighted by Gasteiger charge is -2.01. The van der Waals surface area contributed by atoms with E-state index in [1.807, 2.05) is 0 Å². The van der Waals surface area contributed by atoms with Crippen molar-refractivity contribution in [1.29, 1.82) is 0 Å². The number of imidazole rings is 1. The standard InChI is InChI=1S/C10H12N4O2S/c1-6-4-7(6)5-11-8-9(14(15)16)13-2-3-17-10(13)12-8/h2-3,6-7,11H,4-5H2,1H3. The minimum absolute atomic E-state index is 0.0366. The Kier molecular flexibility index (Phi) is 2.29. The SMILES string of the molecule is CC1CC1CNc1nc2sccn2c1[N+](=O)[O-]. The van der Waals surface area contributed by atoms with Gasteiger partial charge in [-0.3, -0.25) is 0 Å². The van der Waals surface area contributed by atoms with E-state index < -0.39 is 0 Å². The fraction of sp³-hybridized carbons (Fsp3) is 0.500. The maximum Gasteiger partial charge on any atom is 0.372 e. The molecule has 90 valence electrons. The average Bonchev–Trinajstić information content (AvgIpc) is 2.70. The summed E-state index contributed by atoms with van der Waals surface area (Å²) in [6, 6.07) is 0. The normalized spacial score (nSPS) is 22.9. The molecule has 0 radical (unpaired) electrons. The molecule has 1 aliphatic rings. The predicted octanol–water partition coefficient (Wildman–Crippen LogP) is 2.37. The van der Waals surface area contributed by atoms with Crippen LogP contribution >= 0.6 is 11.3 Å². The number of hydrogen-bond donors (Lipinski definition) is 1. The summed E-state index contributed by atoms with van der Waals surface area (Å²) in [5.74, 6) is 1.79. The van der Waals surface area contributed by atoms with Crippen LogP contribution in [-0.4, -0.2) is 20.9 Å². The third-order valence-electron chi connectivity index (χ3n) is 3.22. The molecule has 2 heterocycles. The van der Waals surface area contributed by atoms with Gasteiger partial charge in [0.15, 0.2) is 0 Å². The van der Waals surface area contributed by atoms with Crippen molar-refractivity contribution < 1.29 is 4.92 Å². The highest BCUT2D eigenvalue weighted by molar-refractivity contribution is 7.15. The van der Waals surface area contributed by atoms with Crippen molar-refractivity contribution in [3.63, 3.8) is 0 Å². The number of nitro groups is 1. The molecule has 1 N–H and O–H groups in total. The van der Waals surface area contributed by atoms with Gasteiger partial charge in [-0.05, 0) is 23.2 Å². The molecular formula is C10H12N4O2S. The zero-order valence-electron chi connectivity index (χ0n) is 9.29. The molecule has 2 atom stereocenters. The minimum atomic E-state index is -0.384. The molecule has 6 nitrogen and oxygen atoms in total. The first-order chi connectivity index (χ1) is 8.16. The Morgan fingerprint density at radius 1 is 1.76 bits per heavy atom. The molecule has 0 bridgehead atoms. The van der Waals surface area contributed by atoms with Crippen LogP contribution in [0.3, 0.4) is 0 Å². The van der Waals surface area contributed by atoms with E-state index in [0.29, 0.717) is 16.7 Å². The average molecular weight is 252 g/mol. The molecule has 0 spiro atoms. The number of hydrogen-bond acceptors (Lipinski definition) is 5. The van der Waals surface area contributed by atoms with Crippen LogP contribution in [0.5, 0.6) is 0 Å². The molecule has 0 amide bonds. The molecule has 1 fully saturated rings. The first-order valence-electron chi connectivity index (χ1n) is 5.50. The number of nitrogens with one attached hydrogen (secondary N) is 1. The molecule has 0 aromatic carbocycles. The molecule has 1 saturated carbocycles. The summed E-state index contributed by atoms with van der Waals surface area (Å²) >= 11 is 1.40. The van der Waals surface area contributed by atoms with Gasteiger partial charge in [0, 0.05) is 11.9 Å². The van der Waals surface area contributed by atoms with Gasteiger partial charge in [0.1, 0.15) is 6.20 Å². The number of rotatable bonds is 4. The Morgan fingerprint density at radius 3 is 3.18 bits per heavy atom. The summed E-state index contributed by atoms with van der Waals surface area (Å²) in [5, 5.41) is 15.9. The zero-order valence-corrected chi connectivity index (χ0v) is 10.1. The lowest BCUT2D eigenvalue weighted by molar-refractivity contribution is -0.389. The third kappa shape index (κ3) is 1.76. The lowest BCUT2D eigenvalue weighted by atomic mass is 10.3. The van der Waals surface area contributed by atoms with E-state index in [0.717, 1.165) is 12.5 Å². The number of anilines is 1. The molecule has 0 aliphatic heterocycles. The molecule has 7 heteroatoms. The van der Waals surface area contributed by atoms with Gasteiger partial charge >= 0.3 is 5.82 Å². The molecule has 2 aromatic heterocycles. The number of thiazole rings is 1. The van der Waals surface area contributed by atoms with Gasteiger partial charge in [0.05, 0.1) is 0 Å². The van der Waals surface area contributed by atoms with Gasteiger partial charge in [-0.25, -0.2) is 0 Å². The van der Waals surface area contributed by atoms with Crippen molar-refractivity contribution >= 4 is 27.9 Å². The summed E-state index contributed by atoms with van der Waals surface area (Å²) in [4.78, 5) is 15.5. The second-order valence-corrected chi connectivity index (χ2v) is 5.32. The Bertz CT molecular complexity index is 576. The first kappa shape index (κ1) is 10.5. The van der Waals surface area contributed by atoms with E-state index in [-0.39, 0.29) is 10.7 Å². The van der Waals surface area contributed by atoms with Crippen LogP contribution in [0, 0.1) is 22.0 Å². The Morgan fingerprint density at radius 2 is 2.53 bits per heavy atom. The Hall–Kier alpha value is -1.63. The van der Waals surface area contributed by atoms with Gasteiger partial charge < -0.3 is 15.4 Å². The quantitative estimate of drug-likeness (QED) is 0.669. The number of aromatic nitrogens is 2. The molecule has 1 aliphatic carbocycles. The first-order valence-corrected chi connectivity index (χ1v) is 6.38. The van der Waals surface area contributed by atoms with Gasteiger partial charge in [0.25, 0.3) is 4.96 Å². The van der Waals surface area contributed by atoms with Crippen molar-refractivity contribution in [1.82, 2.24) is 9.38 Å². The van der Waals surface area contributed by atoms with Crippen molar-refractivity contribution in [2.24, 2.45) is 11.8 Å². The highest BCUT2D eigenvalue weighted by Gasteiger charge is 2.33. The Labute approximate surface area is 101 Å². The summed E-state index contributed by atoms with van der Waals surface area (Å²) < 4.78 is 1.52. The molecule has 2 unspecified atom stereocenters. The fourth-order valence-corrected chi connectivity index (χ4v) is 2.69. The largest absolute Gasteiger partial charge is 0.372 e. The molecule has 2 aromatic rings. The van der Waals surface area contributed by atoms with Crippen molar-refractivity contribution in [3.05, 3.63) is 21.7 Å². The summed E-state index contributed by atoms with van der Waals surface area (Å²) in [5.41, 5.74) is 0. The van der Waals surface area contributed by atoms with Crippen molar-refractivity contribution in [3.8, 4) is 0 Å². The van der Waals surface area contributed by atoms with E-state index in [9.17, 15) is 10.1 Å². The topological polar surface area (TPSA) is 72.5 Å². The maximum atomic E-state index is 11.0. The van der Waals surface area contributed by atoms with Gasteiger partial charge in [-0.2, -0.15) is 9.38 Å². The van der Waals surface area contributed by atoms with Crippen molar-refractivity contribution in [2.45, 2.75) is 13.3 Å². The van der Waals surface area contributed by atoms with Gasteiger partial charge in [-0.1, -0.05) is 18.3 Å². The summed E-state index contributed by atoms with van der Waals surface area (Å²) in [7, 11) is 0. The number of nitrogens with zero attached hydrogens (tertiary/aromatic N) is 3. The van der Waals surface area contributed by atoms with Gasteiger partial charge in [-0.15, -0.1) is 0 Å². The molecule has 17 heavy (non-hydrogen) atoms. The van der Waals surface area contributed by atoms with Crippen LogP contribution in [-0.2, 0) is 0 Å². The lowest BCUT2D eigenvalue weighted by Crippen LogP contribution is -2.07. The number of fused-ring (bicyclic) bond motifs is 1. The van der Waals surface area contributed by atoms with Crippen LogP contribution in [0.25, 0.3) is 4.96 Å². The van der Waals surface area contributed by atoms with Crippen molar-refractivity contribution in [2.75, 3.05) is 11.9 Å². The van der Waals surface area contributed by atoms with E-state index in [2.05, 4.69) is 17.2 Å². The fourth-order valence-electron chi connectivity index (χ4n) is 1.98. The van der Waals surface area contributed by atoms with Crippen LogP contribution < -0.4 is 5.32 Å². The van der Waals surface area contributed by atoms with Gasteiger partial charge in [0.2, 0.25) is 5.82 Å². The van der Waals surface area contributed by atoms with Crippen LogP contribution in [0.4, 0.5) is 11.6 Å². The van der Waals surface area contributed by atoms with E-state index >= 15 is 0 Å².